The van der Waals surface area contributed by atoms with Gasteiger partial charge < -0.3 is 20.4 Å². The van der Waals surface area contributed by atoms with E-state index in [1.807, 2.05) is 50.2 Å². The molecule has 7 nitrogen and oxygen atoms in total. The Hall–Kier alpha value is -3.71. The van der Waals surface area contributed by atoms with Gasteiger partial charge in [0.05, 0.1) is 29.9 Å². The molecule has 0 radical (unpaired) electrons. The number of carbonyl (C=O) groups excluding carboxylic acids is 3. The van der Waals surface area contributed by atoms with Gasteiger partial charge in [-0.1, -0.05) is 62.4 Å². The van der Waals surface area contributed by atoms with Gasteiger partial charge in [-0.15, -0.1) is 0 Å². The first-order valence-corrected chi connectivity index (χ1v) is 12.9. The van der Waals surface area contributed by atoms with Crippen LogP contribution in [0.25, 0.3) is 10.8 Å². The summed E-state index contributed by atoms with van der Waals surface area (Å²) in [5.41, 5.74) is 3.57. The molecule has 0 aromatic heterocycles. The van der Waals surface area contributed by atoms with Crippen LogP contribution in [-0.2, 0) is 20.9 Å². The molecular weight excluding hydrogens is 464 g/mol. The van der Waals surface area contributed by atoms with Crippen LogP contribution >= 0.6 is 0 Å². The minimum absolute atomic E-state index is 0.0524. The van der Waals surface area contributed by atoms with Gasteiger partial charge in [-0.2, -0.15) is 0 Å². The number of aryl methyl sites for hydroxylation is 1. The zero-order valence-electron chi connectivity index (χ0n) is 22.2. The van der Waals surface area contributed by atoms with Gasteiger partial charge in [-0.25, -0.2) is 0 Å². The van der Waals surface area contributed by atoms with Crippen LogP contribution in [0.4, 0.5) is 11.4 Å². The largest absolute Gasteiger partial charge is 0.354 e. The molecule has 0 aliphatic carbocycles. The van der Waals surface area contributed by atoms with Gasteiger partial charge >= 0.3 is 0 Å². The van der Waals surface area contributed by atoms with E-state index in [1.165, 1.54) is 0 Å². The molecule has 1 heterocycles. The van der Waals surface area contributed by atoms with Crippen molar-refractivity contribution in [3.8, 4) is 0 Å². The number of amides is 3. The van der Waals surface area contributed by atoms with Crippen LogP contribution in [0, 0.1) is 18.8 Å². The van der Waals surface area contributed by atoms with E-state index >= 15 is 0 Å². The molecule has 0 saturated heterocycles. The van der Waals surface area contributed by atoms with E-state index < -0.39 is 5.92 Å². The molecule has 1 aliphatic rings. The predicted molar refractivity (Wildman–Crippen MR) is 149 cm³/mol. The van der Waals surface area contributed by atoms with Gasteiger partial charge in [0.15, 0.2) is 0 Å². The standard InChI is InChI=1S/C30H36N4O3/c1-19(2)29(36)33-17-23(16-32-28(35)21(4)31-5)30(37)34(27-13-9-8-12-26(27)33)18-25-20(3)14-15-22-10-6-7-11-24(22)25/h6-15,19,21,23,31H,16-18H2,1-5H3,(H,32,35)/t21-,23-/m0/s1. The van der Waals surface area contributed by atoms with Crippen molar-refractivity contribution in [3.05, 3.63) is 71.8 Å². The molecule has 194 valence electrons. The number of benzene rings is 3. The Bertz CT molecular complexity index is 1320. The molecular formula is C30H36N4O3. The predicted octanol–water partition coefficient (Wildman–Crippen LogP) is 4.02. The van der Waals surface area contributed by atoms with Crippen molar-refractivity contribution < 1.29 is 14.4 Å². The van der Waals surface area contributed by atoms with E-state index in [2.05, 4.69) is 41.8 Å². The third-order valence-electron chi connectivity index (χ3n) is 7.18. The minimum Gasteiger partial charge on any atom is -0.354 e. The third kappa shape index (κ3) is 5.37. The molecule has 0 fully saturated rings. The fourth-order valence-electron chi connectivity index (χ4n) is 4.81. The number of fused-ring (bicyclic) bond motifs is 2. The highest BCUT2D eigenvalue weighted by Gasteiger charge is 2.37. The first kappa shape index (κ1) is 26.4. The average Bonchev–Trinajstić information content (AvgIpc) is 3.02. The number of nitrogens with one attached hydrogen (secondary N) is 2. The molecule has 0 unspecified atom stereocenters. The van der Waals surface area contributed by atoms with Crippen LogP contribution in [-0.4, -0.2) is 43.9 Å². The van der Waals surface area contributed by atoms with Crippen molar-refractivity contribution in [1.82, 2.24) is 10.6 Å². The van der Waals surface area contributed by atoms with Crippen molar-refractivity contribution in [2.24, 2.45) is 11.8 Å². The SMILES string of the molecule is CN[C@@H](C)C(=O)NC[C@H]1CN(C(=O)C(C)C)c2ccccc2N(Cc2c(C)ccc3ccccc23)C1=O. The van der Waals surface area contributed by atoms with Crippen molar-refractivity contribution in [1.29, 1.82) is 0 Å². The lowest BCUT2D eigenvalue weighted by atomic mass is 9.98. The average molecular weight is 501 g/mol. The molecule has 2 N–H and O–H groups in total. The molecule has 3 amide bonds. The monoisotopic (exact) mass is 500 g/mol. The van der Waals surface area contributed by atoms with Gasteiger partial charge in [0.2, 0.25) is 17.7 Å². The maximum Gasteiger partial charge on any atom is 0.236 e. The molecule has 3 aromatic carbocycles. The van der Waals surface area contributed by atoms with Crippen LogP contribution in [0.5, 0.6) is 0 Å². The zero-order chi connectivity index (χ0) is 26.7. The second-order valence-electron chi connectivity index (χ2n) is 10.1. The number of anilines is 2. The highest BCUT2D eigenvalue weighted by atomic mass is 16.2. The molecule has 7 heteroatoms. The van der Waals surface area contributed by atoms with E-state index in [0.29, 0.717) is 17.9 Å². The summed E-state index contributed by atoms with van der Waals surface area (Å²) in [5.74, 6) is -1.19. The molecule has 1 aliphatic heterocycles. The molecule has 2 atom stereocenters. The maximum atomic E-state index is 14.2. The lowest BCUT2D eigenvalue weighted by Crippen LogP contribution is -2.48. The molecule has 0 bridgehead atoms. The lowest BCUT2D eigenvalue weighted by Gasteiger charge is -2.27. The number of nitrogens with zero attached hydrogens (tertiary/aromatic N) is 2. The molecule has 3 aromatic rings. The van der Waals surface area contributed by atoms with E-state index in [4.69, 9.17) is 0 Å². The Morgan fingerprint density at radius 1 is 0.973 bits per heavy atom. The Balaban J connectivity index is 1.80. The summed E-state index contributed by atoms with van der Waals surface area (Å²) in [6.45, 7) is 8.26. The third-order valence-corrected chi connectivity index (χ3v) is 7.18. The number of para-hydroxylation sites is 2. The van der Waals surface area contributed by atoms with Crippen molar-refractivity contribution in [3.63, 3.8) is 0 Å². The second kappa shape index (κ2) is 11.1. The normalized spacial score (nSPS) is 16.5. The fraction of sp³-hybridized carbons (Fsp3) is 0.367. The van der Waals surface area contributed by atoms with E-state index in [0.717, 1.165) is 21.9 Å². The zero-order valence-corrected chi connectivity index (χ0v) is 22.2. The molecule has 4 rings (SSSR count). The van der Waals surface area contributed by atoms with Crippen molar-refractivity contribution in [2.45, 2.75) is 40.3 Å². The first-order valence-electron chi connectivity index (χ1n) is 12.9. The topological polar surface area (TPSA) is 81.8 Å². The summed E-state index contributed by atoms with van der Waals surface area (Å²) in [4.78, 5) is 43.6. The minimum atomic E-state index is -0.599. The number of likely N-dealkylation sites (N-methyl/N-ethyl adjacent to an activating group) is 1. The smallest absolute Gasteiger partial charge is 0.236 e. The second-order valence-corrected chi connectivity index (χ2v) is 10.1. The molecule has 0 spiro atoms. The Morgan fingerprint density at radius 3 is 2.35 bits per heavy atom. The highest BCUT2D eigenvalue weighted by molar-refractivity contribution is 6.06. The van der Waals surface area contributed by atoms with Crippen LogP contribution in [0.3, 0.4) is 0 Å². The van der Waals surface area contributed by atoms with Crippen LogP contribution in [0.1, 0.15) is 31.9 Å². The molecule has 0 saturated carbocycles. The first-order chi connectivity index (χ1) is 17.7. The van der Waals surface area contributed by atoms with E-state index in [9.17, 15) is 14.4 Å². The van der Waals surface area contributed by atoms with Gasteiger partial charge in [0.25, 0.3) is 0 Å². The summed E-state index contributed by atoms with van der Waals surface area (Å²) in [5, 5.41) is 8.05. The number of carbonyl (C=O) groups is 3. The maximum absolute atomic E-state index is 14.2. The van der Waals surface area contributed by atoms with Crippen molar-refractivity contribution >= 4 is 39.9 Å². The van der Waals surface area contributed by atoms with Gasteiger partial charge in [0, 0.05) is 19.0 Å². The van der Waals surface area contributed by atoms with E-state index in [1.54, 1.807) is 23.8 Å². The number of rotatable bonds is 7. The fourth-order valence-corrected chi connectivity index (χ4v) is 4.81. The summed E-state index contributed by atoms with van der Waals surface area (Å²) in [7, 11) is 1.72. The summed E-state index contributed by atoms with van der Waals surface area (Å²) < 4.78 is 0. The Kier molecular flexibility index (Phi) is 7.93. The lowest BCUT2D eigenvalue weighted by molar-refractivity contribution is -0.124. The van der Waals surface area contributed by atoms with Gasteiger partial charge in [0.1, 0.15) is 0 Å². The quantitative estimate of drug-likeness (QED) is 0.513. The summed E-state index contributed by atoms with van der Waals surface area (Å²) in [6, 6.07) is 19.5. The van der Waals surface area contributed by atoms with Crippen LogP contribution < -0.4 is 20.4 Å². The number of hydrogen-bond acceptors (Lipinski definition) is 4. The van der Waals surface area contributed by atoms with Gasteiger partial charge in [-0.05, 0) is 54.9 Å². The Labute approximate surface area is 218 Å². The van der Waals surface area contributed by atoms with Crippen LogP contribution in [0.15, 0.2) is 60.7 Å². The van der Waals surface area contributed by atoms with Crippen LogP contribution in [0.2, 0.25) is 0 Å². The van der Waals surface area contributed by atoms with E-state index in [-0.39, 0.29) is 42.8 Å². The Morgan fingerprint density at radius 2 is 1.65 bits per heavy atom. The summed E-state index contributed by atoms with van der Waals surface area (Å²) in [6.07, 6.45) is 0. The summed E-state index contributed by atoms with van der Waals surface area (Å²) >= 11 is 0. The highest BCUT2D eigenvalue weighted by Crippen LogP contribution is 2.37. The number of hydrogen-bond donors (Lipinski definition) is 2. The molecule has 37 heavy (non-hydrogen) atoms. The van der Waals surface area contributed by atoms with Gasteiger partial charge in [-0.3, -0.25) is 14.4 Å². The van der Waals surface area contributed by atoms with Crippen molar-refractivity contribution in [2.75, 3.05) is 29.9 Å².